The summed E-state index contributed by atoms with van der Waals surface area (Å²) in [6, 6.07) is 0. The normalized spacial score (nSPS) is 10.4. The first kappa shape index (κ1) is 6.36. The van der Waals surface area contributed by atoms with E-state index in [1.54, 1.807) is 0 Å². The average molecular weight is 102 g/mol. The molecule has 0 unspecified atom stereocenters. The van der Waals surface area contributed by atoms with Crippen molar-refractivity contribution in [3.63, 3.8) is 0 Å². The van der Waals surface area contributed by atoms with E-state index in [0.717, 1.165) is 6.54 Å². The van der Waals surface area contributed by atoms with Crippen molar-refractivity contribution in [1.82, 2.24) is 5.32 Å². The van der Waals surface area contributed by atoms with E-state index >= 15 is 0 Å². The summed E-state index contributed by atoms with van der Waals surface area (Å²) in [7, 11) is 0. The summed E-state index contributed by atoms with van der Waals surface area (Å²) in [6.07, 6.45) is 0. The highest BCUT2D eigenvalue weighted by atomic mass is 15.3. The van der Waals surface area contributed by atoms with Gasteiger partial charge < -0.3 is 5.84 Å². The maximum atomic E-state index is 4.69. The van der Waals surface area contributed by atoms with Crippen molar-refractivity contribution in [2.75, 3.05) is 13.2 Å². The highest BCUT2D eigenvalue weighted by molar-refractivity contribution is 4.31. The van der Waals surface area contributed by atoms with Crippen molar-refractivity contribution < 1.29 is 0 Å². The zero-order valence-corrected chi connectivity index (χ0v) is 4.39. The Labute approximate surface area is 42.8 Å². The Morgan fingerprint density at radius 1 is 1.71 bits per heavy atom. The Hall–Kier alpha value is -0.640. The van der Waals surface area contributed by atoms with Gasteiger partial charge in [0.1, 0.15) is 6.67 Å². The first-order valence-electron chi connectivity index (χ1n) is 2.19. The first-order chi connectivity index (χ1) is 3.41. The van der Waals surface area contributed by atoms with Gasteiger partial charge in [-0.25, -0.2) is 0 Å². The second kappa shape index (κ2) is 5.36. The molecule has 0 aliphatic heterocycles. The Kier molecular flexibility index (Phi) is 4.87. The minimum atomic E-state index is 0.521. The van der Waals surface area contributed by atoms with Crippen LogP contribution in [0, 0.1) is 0 Å². The topological polar surface area (TPSA) is 62.8 Å². The molecule has 0 bridgehead atoms. The third-order valence-electron chi connectivity index (χ3n) is 0.514. The predicted octanol–water partition coefficient (Wildman–Crippen LogP) is -0.121. The molecule has 0 aliphatic rings. The van der Waals surface area contributed by atoms with Crippen molar-refractivity contribution >= 4 is 0 Å². The van der Waals surface area contributed by atoms with Gasteiger partial charge in [0.2, 0.25) is 0 Å². The second-order valence-corrected chi connectivity index (χ2v) is 1.02. The third-order valence-corrected chi connectivity index (χ3v) is 0.514. The largest absolute Gasteiger partial charge is 0.305 e. The van der Waals surface area contributed by atoms with Gasteiger partial charge in [-0.3, -0.25) is 5.32 Å². The number of hydrogen-bond acceptors (Lipinski definition) is 3. The maximum absolute atomic E-state index is 4.69. The van der Waals surface area contributed by atoms with Gasteiger partial charge in [-0.05, 0) is 6.54 Å². The van der Waals surface area contributed by atoms with E-state index in [1.807, 2.05) is 6.92 Å². The number of hydrogen-bond donors (Lipinski definition) is 2. The first-order valence-corrected chi connectivity index (χ1v) is 2.19. The highest BCUT2D eigenvalue weighted by Gasteiger charge is 1.70. The maximum Gasteiger partial charge on any atom is 0.112 e. The fraction of sp³-hybridized carbons (Fsp3) is 1.00. The van der Waals surface area contributed by atoms with Crippen LogP contribution < -0.4 is 11.2 Å². The number of nitrogens with one attached hydrogen (secondary N) is 1. The van der Waals surface area contributed by atoms with Gasteiger partial charge in [-0.15, -0.1) is 0 Å². The van der Waals surface area contributed by atoms with Crippen LogP contribution in [0.15, 0.2) is 10.3 Å². The van der Waals surface area contributed by atoms with Crippen LogP contribution in [-0.2, 0) is 0 Å². The van der Waals surface area contributed by atoms with E-state index < -0.39 is 0 Å². The summed E-state index contributed by atoms with van der Waals surface area (Å²) < 4.78 is 0. The summed E-state index contributed by atoms with van der Waals surface area (Å²) in [5.41, 5.74) is 0. The predicted molar refractivity (Wildman–Crippen MR) is 27.6 cm³/mol. The zero-order valence-electron chi connectivity index (χ0n) is 4.39. The highest BCUT2D eigenvalue weighted by Crippen LogP contribution is 1.60. The van der Waals surface area contributed by atoms with Gasteiger partial charge in [0, 0.05) is 0 Å². The summed E-state index contributed by atoms with van der Waals surface area (Å²) in [5, 5.41) is 9.40. The molecule has 0 aromatic heterocycles. The van der Waals surface area contributed by atoms with Gasteiger partial charge in [0.05, 0.1) is 0 Å². The lowest BCUT2D eigenvalue weighted by Crippen LogP contribution is -2.11. The van der Waals surface area contributed by atoms with Crippen LogP contribution in [-0.4, -0.2) is 13.2 Å². The second-order valence-electron chi connectivity index (χ2n) is 1.02. The zero-order chi connectivity index (χ0) is 5.54. The Morgan fingerprint density at radius 3 is 2.86 bits per heavy atom. The molecule has 0 saturated heterocycles. The molecule has 0 aliphatic carbocycles. The summed E-state index contributed by atoms with van der Waals surface area (Å²) in [4.78, 5) is 0. The van der Waals surface area contributed by atoms with Crippen molar-refractivity contribution in [2.45, 2.75) is 6.92 Å². The molecule has 4 nitrogen and oxygen atoms in total. The van der Waals surface area contributed by atoms with Crippen molar-refractivity contribution in [3.8, 4) is 0 Å². The lowest BCUT2D eigenvalue weighted by molar-refractivity contribution is 0.706. The molecule has 42 valence electrons. The van der Waals surface area contributed by atoms with Gasteiger partial charge in [0.25, 0.3) is 0 Å². The number of nitrogens with zero attached hydrogens (tertiary/aromatic N) is 2. The minimum Gasteiger partial charge on any atom is -0.305 e. The van der Waals surface area contributed by atoms with Crippen molar-refractivity contribution in [2.24, 2.45) is 16.2 Å². The molecule has 7 heavy (non-hydrogen) atoms. The van der Waals surface area contributed by atoms with Crippen LogP contribution in [0.4, 0.5) is 0 Å². The molecule has 3 N–H and O–H groups in total. The van der Waals surface area contributed by atoms with Crippen LogP contribution in [0.2, 0.25) is 0 Å². The van der Waals surface area contributed by atoms with Crippen molar-refractivity contribution in [3.05, 3.63) is 0 Å². The molecule has 0 amide bonds. The third kappa shape index (κ3) is 5.36. The standard InChI is InChI=1S/C3H10N4/c1-2-5-3-6-7-4/h5H,2-3H2,1H3,(H2,4,6). The molecule has 0 aromatic rings. The molecule has 0 atom stereocenters. The summed E-state index contributed by atoms with van der Waals surface area (Å²) in [5.74, 6) is 4.69. The van der Waals surface area contributed by atoms with E-state index in [0.29, 0.717) is 6.67 Å². The molecule has 0 fully saturated rings. The average Bonchev–Trinajstić information content (AvgIpc) is 1.69. The SMILES string of the molecule is CCNCN=NN. The Morgan fingerprint density at radius 2 is 2.43 bits per heavy atom. The number of nitrogens with two attached hydrogens (primary N) is 1. The molecule has 0 spiro atoms. The molecule has 0 saturated carbocycles. The lowest BCUT2D eigenvalue weighted by Gasteiger charge is -1.88. The van der Waals surface area contributed by atoms with Crippen molar-refractivity contribution in [1.29, 1.82) is 0 Å². The van der Waals surface area contributed by atoms with E-state index in [2.05, 4.69) is 21.5 Å². The van der Waals surface area contributed by atoms with Gasteiger partial charge in [-0.2, -0.15) is 5.11 Å². The fourth-order valence-electron chi connectivity index (χ4n) is 0.203. The monoisotopic (exact) mass is 102 g/mol. The van der Waals surface area contributed by atoms with Crippen LogP contribution in [0.5, 0.6) is 0 Å². The van der Waals surface area contributed by atoms with E-state index in [1.165, 1.54) is 0 Å². The van der Waals surface area contributed by atoms with Gasteiger partial charge in [-0.1, -0.05) is 12.1 Å². The van der Waals surface area contributed by atoms with E-state index in [9.17, 15) is 0 Å². The van der Waals surface area contributed by atoms with Crippen LogP contribution in [0.25, 0.3) is 0 Å². The van der Waals surface area contributed by atoms with Gasteiger partial charge >= 0.3 is 0 Å². The Balaban J connectivity index is 2.69. The summed E-state index contributed by atoms with van der Waals surface area (Å²) in [6.45, 7) is 3.41. The molecule has 4 heteroatoms. The molecular formula is C3H10N4. The molecule has 0 rings (SSSR count). The smallest absolute Gasteiger partial charge is 0.112 e. The molecule has 0 heterocycles. The van der Waals surface area contributed by atoms with E-state index in [-0.39, 0.29) is 0 Å². The summed E-state index contributed by atoms with van der Waals surface area (Å²) >= 11 is 0. The molecule has 0 radical (unpaired) electrons. The minimum absolute atomic E-state index is 0.521. The van der Waals surface area contributed by atoms with Crippen LogP contribution in [0.1, 0.15) is 6.92 Å². The van der Waals surface area contributed by atoms with Gasteiger partial charge in [0.15, 0.2) is 0 Å². The van der Waals surface area contributed by atoms with Crippen LogP contribution >= 0.6 is 0 Å². The Bertz CT molecular complexity index is 50.9. The molecular weight excluding hydrogens is 92.1 g/mol. The molecule has 0 aromatic carbocycles. The lowest BCUT2D eigenvalue weighted by atomic mass is 10.8. The number of rotatable bonds is 3. The van der Waals surface area contributed by atoms with E-state index in [4.69, 9.17) is 0 Å². The van der Waals surface area contributed by atoms with Crippen LogP contribution in [0.3, 0.4) is 0 Å². The quantitative estimate of drug-likeness (QED) is 0.226. The fourth-order valence-corrected chi connectivity index (χ4v) is 0.203.